The van der Waals surface area contributed by atoms with Gasteiger partial charge in [0.15, 0.2) is 0 Å². The Morgan fingerprint density at radius 2 is 1.43 bits per heavy atom. The van der Waals surface area contributed by atoms with Gasteiger partial charge in [0, 0.05) is 16.5 Å². The third-order valence-corrected chi connectivity index (χ3v) is 8.33. The van der Waals surface area contributed by atoms with Crippen LogP contribution in [0.2, 0.25) is 0 Å². The molecule has 1 saturated heterocycles. The molecule has 1 heterocycles. The van der Waals surface area contributed by atoms with E-state index in [0.29, 0.717) is 0 Å². The fourth-order valence-corrected chi connectivity index (χ4v) is 5.55. The lowest BCUT2D eigenvalue weighted by Gasteiger charge is -2.33. The second-order valence-electron chi connectivity index (χ2n) is 11.2. The van der Waals surface area contributed by atoms with E-state index in [1.165, 1.54) is 44.2 Å². The van der Waals surface area contributed by atoms with Crippen molar-refractivity contribution in [1.82, 2.24) is 0 Å². The Bertz CT molecular complexity index is 1540. The van der Waals surface area contributed by atoms with Crippen molar-refractivity contribution < 1.29 is 9.31 Å². The summed E-state index contributed by atoms with van der Waals surface area (Å²) in [4.78, 5) is 2.48. The van der Waals surface area contributed by atoms with E-state index in [-0.39, 0.29) is 0 Å². The van der Waals surface area contributed by atoms with Crippen LogP contribution in [0.15, 0.2) is 96.7 Å². The molecule has 0 radical (unpaired) electrons. The van der Waals surface area contributed by atoms with Gasteiger partial charge in [-0.1, -0.05) is 78.9 Å². The molecule has 0 saturated carbocycles. The van der Waals surface area contributed by atoms with Crippen molar-refractivity contribution in [3.63, 3.8) is 0 Å². The number of anilines is 2. The van der Waals surface area contributed by atoms with Crippen molar-refractivity contribution in [1.29, 1.82) is 0 Å². The van der Waals surface area contributed by atoms with Crippen LogP contribution in [-0.4, -0.2) is 18.3 Å². The van der Waals surface area contributed by atoms with Crippen LogP contribution in [-0.2, 0) is 9.31 Å². The van der Waals surface area contributed by atoms with Crippen LogP contribution in [0, 0.1) is 6.92 Å². The van der Waals surface area contributed by atoms with Gasteiger partial charge in [-0.05, 0) is 81.4 Å². The first-order valence-corrected chi connectivity index (χ1v) is 13.3. The van der Waals surface area contributed by atoms with Crippen molar-refractivity contribution in [3.8, 4) is 0 Å². The van der Waals surface area contributed by atoms with Gasteiger partial charge in [0.1, 0.15) is 0 Å². The third kappa shape index (κ3) is 4.00. The van der Waals surface area contributed by atoms with E-state index in [1.807, 2.05) is 0 Å². The molecular formula is C33H34BNO2. The molecule has 0 aromatic heterocycles. The summed E-state index contributed by atoms with van der Waals surface area (Å²) in [6.45, 7) is 10.7. The Morgan fingerprint density at radius 1 is 0.784 bits per heavy atom. The molecule has 1 fully saturated rings. The Morgan fingerprint density at radius 3 is 2.14 bits per heavy atom. The smallest absolute Gasteiger partial charge is 0.399 e. The maximum absolute atomic E-state index is 6.57. The van der Waals surface area contributed by atoms with E-state index in [9.17, 15) is 0 Å². The second kappa shape index (κ2) is 8.90. The molecule has 2 aliphatic rings. The van der Waals surface area contributed by atoms with Crippen molar-refractivity contribution in [2.45, 2.75) is 58.7 Å². The van der Waals surface area contributed by atoms with Crippen molar-refractivity contribution >= 4 is 45.5 Å². The molecule has 0 atom stereocenters. The fourth-order valence-electron chi connectivity index (χ4n) is 5.55. The first-order valence-electron chi connectivity index (χ1n) is 13.3. The molecular weight excluding hydrogens is 453 g/mol. The van der Waals surface area contributed by atoms with E-state index in [0.717, 1.165) is 18.3 Å². The minimum absolute atomic E-state index is 0.401. The molecule has 4 aromatic rings. The highest BCUT2D eigenvalue weighted by atomic mass is 16.7. The number of hydrogen-bond donors (Lipinski definition) is 0. The quantitative estimate of drug-likeness (QED) is 0.273. The van der Waals surface area contributed by atoms with Crippen LogP contribution in [0.4, 0.5) is 11.4 Å². The van der Waals surface area contributed by atoms with Crippen LogP contribution in [0.1, 0.15) is 46.1 Å². The monoisotopic (exact) mass is 487 g/mol. The highest BCUT2D eigenvalue weighted by Gasteiger charge is 2.52. The lowest BCUT2D eigenvalue weighted by molar-refractivity contribution is 0.00578. The van der Waals surface area contributed by atoms with E-state index in [1.54, 1.807) is 0 Å². The third-order valence-electron chi connectivity index (χ3n) is 8.33. The molecule has 1 aliphatic heterocycles. The SMILES string of the molecule is Cc1c(B2OC(C)(C)C(C)(C)O2)cc2ccccc2c1N(C1=CC=CCC1)c1cccc2ccccc12. The summed E-state index contributed by atoms with van der Waals surface area (Å²) < 4.78 is 13.1. The zero-order chi connectivity index (χ0) is 25.8. The van der Waals surface area contributed by atoms with E-state index in [2.05, 4.69) is 131 Å². The molecule has 0 amide bonds. The highest BCUT2D eigenvalue weighted by Crippen LogP contribution is 2.43. The molecule has 0 spiro atoms. The summed E-state index contributed by atoms with van der Waals surface area (Å²) >= 11 is 0. The Hall–Kier alpha value is -3.34. The molecule has 4 aromatic carbocycles. The molecule has 186 valence electrons. The molecule has 1 aliphatic carbocycles. The Kier molecular flexibility index (Phi) is 5.78. The van der Waals surface area contributed by atoms with Gasteiger partial charge < -0.3 is 14.2 Å². The summed E-state index contributed by atoms with van der Waals surface area (Å²) in [7, 11) is -0.428. The molecule has 37 heavy (non-hydrogen) atoms. The standard InChI is InChI=1S/C33H34BNO2/c1-23-29(34-36-32(2,3)33(4,5)37-34)22-25-15-10-12-20-28(25)31(23)35(26-17-7-6-8-18-26)30-21-13-16-24-14-9-11-19-27(24)30/h6-7,9-17,19-22H,8,18H2,1-5H3. The van der Waals surface area contributed by atoms with Gasteiger partial charge in [-0.15, -0.1) is 0 Å². The number of rotatable bonds is 4. The summed E-state index contributed by atoms with van der Waals surface area (Å²) in [5.41, 5.74) is 5.15. The lowest BCUT2D eigenvalue weighted by atomic mass is 9.74. The topological polar surface area (TPSA) is 21.7 Å². The van der Waals surface area contributed by atoms with Crippen LogP contribution in [0.25, 0.3) is 21.5 Å². The van der Waals surface area contributed by atoms with Crippen LogP contribution in [0.3, 0.4) is 0 Å². The molecule has 0 unspecified atom stereocenters. The van der Waals surface area contributed by atoms with Gasteiger partial charge in [-0.2, -0.15) is 0 Å². The molecule has 4 heteroatoms. The zero-order valence-electron chi connectivity index (χ0n) is 22.4. The van der Waals surface area contributed by atoms with Gasteiger partial charge >= 0.3 is 7.12 Å². The number of hydrogen-bond acceptors (Lipinski definition) is 3. The van der Waals surface area contributed by atoms with Gasteiger partial charge in [-0.25, -0.2) is 0 Å². The summed E-state index contributed by atoms with van der Waals surface area (Å²) in [6, 6.07) is 26.2. The average Bonchev–Trinajstić information content (AvgIpc) is 3.12. The second-order valence-corrected chi connectivity index (χ2v) is 11.2. The summed E-state index contributed by atoms with van der Waals surface area (Å²) in [5.74, 6) is 0. The minimum Gasteiger partial charge on any atom is -0.399 e. The number of fused-ring (bicyclic) bond motifs is 2. The van der Waals surface area contributed by atoms with E-state index < -0.39 is 18.3 Å². The molecule has 6 rings (SSSR count). The lowest BCUT2D eigenvalue weighted by Crippen LogP contribution is -2.41. The maximum atomic E-state index is 6.57. The van der Waals surface area contributed by atoms with Crippen molar-refractivity contribution in [2.24, 2.45) is 0 Å². The number of benzene rings is 4. The summed E-state index contributed by atoms with van der Waals surface area (Å²) in [6.07, 6.45) is 8.71. The van der Waals surface area contributed by atoms with Crippen molar-refractivity contribution in [3.05, 3.63) is 102 Å². The van der Waals surface area contributed by atoms with Crippen molar-refractivity contribution in [2.75, 3.05) is 4.90 Å². The first kappa shape index (κ1) is 24.0. The van der Waals surface area contributed by atoms with Crippen LogP contribution in [0.5, 0.6) is 0 Å². The van der Waals surface area contributed by atoms with Gasteiger partial charge in [0.25, 0.3) is 0 Å². The molecule has 3 nitrogen and oxygen atoms in total. The van der Waals surface area contributed by atoms with Gasteiger partial charge in [0.05, 0.1) is 22.6 Å². The normalized spacial score (nSPS) is 18.4. The molecule has 0 bridgehead atoms. The van der Waals surface area contributed by atoms with E-state index in [4.69, 9.17) is 9.31 Å². The average molecular weight is 487 g/mol. The van der Waals surface area contributed by atoms with Gasteiger partial charge in [0.2, 0.25) is 0 Å². The fraction of sp³-hybridized carbons (Fsp3) is 0.273. The molecule has 0 N–H and O–H groups in total. The van der Waals surface area contributed by atoms with Gasteiger partial charge in [-0.3, -0.25) is 0 Å². The number of allylic oxidation sites excluding steroid dienone is 4. The first-order chi connectivity index (χ1) is 17.8. The number of nitrogens with zero attached hydrogens (tertiary/aromatic N) is 1. The highest BCUT2D eigenvalue weighted by molar-refractivity contribution is 6.63. The van der Waals surface area contributed by atoms with Crippen LogP contribution < -0.4 is 10.4 Å². The van der Waals surface area contributed by atoms with Crippen LogP contribution >= 0.6 is 0 Å². The zero-order valence-corrected chi connectivity index (χ0v) is 22.4. The van der Waals surface area contributed by atoms with E-state index >= 15 is 0 Å². The largest absolute Gasteiger partial charge is 0.495 e. The Balaban J connectivity index is 1.65. The Labute approximate surface area is 220 Å². The summed E-state index contributed by atoms with van der Waals surface area (Å²) in [5, 5.41) is 4.89. The predicted molar refractivity (Wildman–Crippen MR) is 157 cm³/mol. The predicted octanol–water partition coefficient (Wildman–Crippen LogP) is 7.97. The maximum Gasteiger partial charge on any atom is 0.495 e. The minimum atomic E-state index is -0.428.